The van der Waals surface area contributed by atoms with E-state index in [1.54, 1.807) is 6.92 Å². The van der Waals surface area contributed by atoms with Crippen LogP contribution >= 0.6 is 0 Å². The third-order valence-electron chi connectivity index (χ3n) is 3.28. The van der Waals surface area contributed by atoms with Gasteiger partial charge in [0, 0.05) is 32.5 Å². The van der Waals surface area contributed by atoms with E-state index in [-0.39, 0.29) is 25.0 Å². The number of hydrogen-bond donors (Lipinski definition) is 0. The van der Waals surface area contributed by atoms with Crippen LogP contribution in [-0.4, -0.2) is 44.2 Å². The average Bonchev–Trinajstić information content (AvgIpc) is 2.41. The Bertz CT molecular complexity index is 295. The molecule has 1 rings (SSSR count). The first-order valence-electron chi connectivity index (χ1n) is 7.79. The quantitative estimate of drug-likeness (QED) is 0.432. The molecule has 0 aliphatic carbocycles. The zero-order chi connectivity index (χ0) is 15.7. The summed E-state index contributed by atoms with van der Waals surface area (Å²) in [4.78, 5) is 11.6. The van der Waals surface area contributed by atoms with Gasteiger partial charge in [-0.15, -0.1) is 0 Å². The molecule has 124 valence electrons. The van der Waals surface area contributed by atoms with Crippen molar-refractivity contribution in [1.29, 1.82) is 0 Å². The molecule has 0 aromatic rings. The lowest BCUT2D eigenvalue weighted by molar-refractivity contribution is -0.382. The van der Waals surface area contributed by atoms with Crippen LogP contribution in [0.4, 0.5) is 0 Å². The Kier molecular flexibility index (Phi) is 8.18. The van der Waals surface area contributed by atoms with E-state index in [0.717, 1.165) is 0 Å². The maximum absolute atomic E-state index is 11.6. The van der Waals surface area contributed by atoms with E-state index >= 15 is 0 Å². The SMILES string of the molecule is CCOC(=O)CCC(CCC1OC(C)O1)(OCC)OCC. The molecule has 6 nitrogen and oxygen atoms in total. The Morgan fingerprint density at radius 1 is 1.05 bits per heavy atom. The number of hydrogen-bond acceptors (Lipinski definition) is 6. The smallest absolute Gasteiger partial charge is 0.305 e. The predicted octanol–water partition coefficient (Wildman–Crippen LogP) is 2.60. The summed E-state index contributed by atoms with van der Waals surface area (Å²) < 4.78 is 27.4. The minimum absolute atomic E-state index is 0.136. The first-order chi connectivity index (χ1) is 10.0. The molecule has 0 spiro atoms. The zero-order valence-corrected chi connectivity index (χ0v) is 13.6. The second-order valence-corrected chi connectivity index (χ2v) is 4.89. The van der Waals surface area contributed by atoms with Gasteiger partial charge in [0.05, 0.1) is 13.0 Å². The van der Waals surface area contributed by atoms with Gasteiger partial charge in [0.15, 0.2) is 18.4 Å². The Morgan fingerprint density at radius 2 is 1.67 bits per heavy atom. The van der Waals surface area contributed by atoms with E-state index in [4.69, 9.17) is 23.7 Å². The highest BCUT2D eigenvalue weighted by Gasteiger charge is 2.36. The number of rotatable bonds is 11. The standard InChI is InChI=1S/C15H28O6/c1-5-17-13(16)8-10-15(18-6-2,19-7-3)11-9-14-20-12(4)21-14/h12,14H,5-11H2,1-4H3. The minimum atomic E-state index is -0.776. The van der Waals surface area contributed by atoms with E-state index in [1.807, 2.05) is 20.8 Å². The molecule has 0 unspecified atom stereocenters. The van der Waals surface area contributed by atoms with Gasteiger partial charge in [0.25, 0.3) is 0 Å². The van der Waals surface area contributed by atoms with Crippen LogP contribution < -0.4 is 0 Å². The molecular formula is C15H28O6. The van der Waals surface area contributed by atoms with E-state index in [0.29, 0.717) is 39.1 Å². The van der Waals surface area contributed by atoms with Crippen molar-refractivity contribution < 1.29 is 28.5 Å². The first kappa shape index (κ1) is 18.4. The summed E-state index contributed by atoms with van der Waals surface area (Å²) in [6.07, 6.45) is 1.69. The maximum atomic E-state index is 11.6. The number of carbonyl (C=O) groups is 1. The lowest BCUT2D eigenvalue weighted by Gasteiger charge is -2.38. The van der Waals surface area contributed by atoms with Crippen molar-refractivity contribution in [2.45, 2.75) is 71.7 Å². The monoisotopic (exact) mass is 304 g/mol. The summed E-state index contributed by atoms with van der Waals surface area (Å²) >= 11 is 0. The molecule has 0 atom stereocenters. The van der Waals surface area contributed by atoms with Gasteiger partial charge in [-0.1, -0.05) is 0 Å². The van der Waals surface area contributed by atoms with Gasteiger partial charge in [0.2, 0.25) is 0 Å². The highest BCUT2D eigenvalue weighted by Crippen LogP contribution is 2.30. The lowest BCUT2D eigenvalue weighted by atomic mass is 10.0. The normalized spacial score (nSPS) is 21.9. The van der Waals surface area contributed by atoms with Crippen LogP contribution in [0.25, 0.3) is 0 Å². The second kappa shape index (κ2) is 9.35. The van der Waals surface area contributed by atoms with Crippen LogP contribution in [0.1, 0.15) is 53.4 Å². The molecular weight excluding hydrogens is 276 g/mol. The molecule has 0 radical (unpaired) electrons. The summed E-state index contributed by atoms with van der Waals surface area (Å²) in [6, 6.07) is 0. The predicted molar refractivity (Wildman–Crippen MR) is 76.5 cm³/mol. The molecule has 0 saturated carbocycles. The number of esters is 1. The Balaban J connectivity index is 2.51. The minimum Gasteiger partial charge on any atom is -0.466 e. The molecule has 0 bridgehead atoms. The molecule has 0 amide bonds. The van der Waals surface area contributed by atoms with Crippen LogP contribution in [0.3, 0.4) is 0 Å². The molecule has 6 heteroatoms. The van der Waals surface area contributed by atoms with Crippen molar-refractivity contribution in [3.8, 4) is 0 Å². The second-order valence-electron chi connectivity index (χ2n) is 4.89. The van der Waals surface area contributed by atoms with Gasteiger partial charge in [-0.2, -0.15) is 0 Å². The van der Waals surface area contributed by atoms with Crippen LogP contribution in [0.15, 0.2) is 0 Å². The molecule has 1 aliphatic rings. The maximum Gasteiger partial charge on any atom is 0.305 e. The largest absolute Gasteiger partial charge is 0.466 e. The van der Waals surface area contributed by atoms with Crippen LogP contribution in [-0.2, 0) is 28.5 Å². The number of ether oxygens (including phenoxy) is 5. The van der Waals surface area contributed by atoms with Crippen LogP contribution in [0.2, 0.25) is 0 Å². The third-order valence-corrected chi connectivity index (χ3v) is 3.28. The van der Waals surface area contributed by atoms with Gasteiger partial charge in [-0.3, -0.25) is 4.79 Å². The summed E-state index contributed by atoms with van der Waals surface area (Å²) in [5, 5.41) is 0. The summed E-state index contributed by atoms with van der Waals surface area (Å²) in [7, 11) is 0. The summed E-state index contributed by atoms with van der Waals surface area (Å²) in [6.45, 7) is 8.90. The Morgan fingerprint density at radius 3 is 2.14 bits per heavy atom. The Labute approximate surface area is 127 Å². The summed E-state index contributed by atoms with van der Waals surface area (Å²) in [5.74, 6) is -1.01. The Hall–Kier alpha value is -0.690. The topological polar surface area (TPSA) is 63.2 Å². The highest BCUT2D eigenvalue weighted by molar-refractivity contribution is 5.69. The van der Waals surface area contributed by atoms with Crippen molar-refractivity contribution in [3.05, 3.63) is 0 Å². The molecule has 0 aromatic carbocycles. The fourth-order valence-corrected chi connectivity index (χ4v) is 2.42. The molecule has 0 aromatic heterocycles. The zero-order valence-electron chi connectivity index (χ0n) is 13.6. The summed E-state index contributed by atoms with van der Waals surface area (Å²) in [5.41, 5.74) is 0. The van der Waals surface area contributed by atoms with Crippen molar-refractivity contribution in [1.82, 2.24) is 0 Å². The molecule has 1 saturated heterocycles. The van der Waals surface area contributed by atoms with Gasteiger partial charge >= 0.3 is 5.97 Å². The van der Waals surface area contributed by atoms with E-state index in [2.05, 4.69) is 0 Å². The fraction of sp³-hybridized carbons (Fsp3) is 0.933. The average molecular weight is 304 g/mol. The van der Waals surface area contributed by atoms with Gasteiger partial charge in [-0.25, -0.2) is 0 Å². The van der Waals surface area contributed by atoms with Gasteiger partial charge < -0.3 is 23.7 Å². The molecule has 1 fully saturated rings. The fourth-order valence-electron chi connectivity index (χ4n) is 2.42. The van der Waals surface area contributed by atoms with Crippen LogP contribution in [0, 0.1) is 0 Å². The van der Waals surface area contributed by atoms with Crippen molar-refractivity contribution in [2.24, 2.45) is 0 Å². The van der Waals surface area contributed by atoms with Crippen molar-refractivity contribution in [2.75, 3.05) is 19.8 Å². The van der Waals surface area contributed by atoms with Gasteiger partial charge in [-0.05, 0) is 27.7 Å². The van der Waals surface area contributed by atoms with E-state index in [9.17, 15) is 4.79 Å². The molecule has 0 N–H and O–H groups in total. The van der Waals surface area contributed by atoms with E-state index < -0.39 is 5.79 Å². The molecule has 1 heterocycles. The first-order valence-corrected chi connectivity index (χ1v) is 7.79. The van der Waals surface area contributed by atoms with Crippen molar-refractivity contribution >= 4 is 5.97 Å². The van der Waals surface area contributed by atoms with Crippen molar-refractivity contribution in [3.63, 3.8) is 0 Å². The van der Waals surface area contributed by atoms with Crippen LogP contribution in [0.5, 0.6) is 0 Å². The van der Waals surface area contributed by atoms with Gasteiger partial charge in [0.1, 0.15) is 0 Å². The third kappa shape index (κ3) is 6.30. The lowest BCUT2D eigenvalue weighted by Crippen LogP contribution is -2.43. The number of carbonyl (C=O) groups excluding carboxylic acids is 1. The molecule has 21 heavy (non-hydrogen) atoms. The molecule has 1 aliphatic heterocycles. The van der Waals surface area contributed by atoms with E-state index in [1.165, 1.54) is 0 Å². The highest BCUT2D eigenvalue weighted by atomic mass is 16.9.